The second kappa shape index (κ2) is 7.53. The Morgan fingerprint density at radius 3 is 2.24 bits per heavy atom. The first-order valence-electron chi connectivity index (χ1n) is 9.44. The summed E-state index contributed by atoms with van der Waals surface area (Å²) >= 11 is 0. The fraction of sp³-hybridized carbons (Fsp3) is 0.400. The Morgan fingerprint density at radius 1 is 0.966 bits per heavy atom. The van der Waals surface area contributed by atoms with Crippen LogP contribution in [-0.2, 0) is 22.9 Å². The van der Waals surface area contributed by atoms with Gasteiger partial charge in [-0.05, 0) is 73.2 Å². The Balaban J connectivity index is 1.47. The smallest absolute Gasteiger partial charge is 0.406 e. The molecule has 29 heavy (non-hydrogen) atoms. The van der Waals surface area contributed by atoms with Crippen molar-refractivity contribution < 1.29 is 26.3 Å². The van der Waals surface area contributed by atoms with Gasteiger partial charge in [0.1, 0.15) is 5.75 Å². The van der Waals surface area contributed by atoms with Crippen molar-refractivity contribution in [2.45, 2.75) is 43.0 Å². The van der Waals surface area contributed by atoms with Crippen molar-refractivity contribution in [3.8, 4) is 5.75 Å². The molecule has 1 N–H and O–H groups in total. The van der Waals surface area contributed by atoms with E-state index >= 15 is 0 Å². The van der Waals surface area contributed by atoms with Gasteiger partial charge in [-0.3, -0.25) is 9.62 Å². The van der Waals surface area contributed by atoms with E-state index in [9.17, 15) is 21.6 Å². The third kappa shape index (κ3) is 5.02. The molecule has 1 aliphatic carbocycles. The second-order valence-electron chi connectivity index (χ2n) is 7.38. The maximum Gasteiger partial charge on any atom is 0.573 e. The van der Waals surface area contributed by atoms with E-state index in [1.165, 1.54) is 18.4 Å². The Morgan fingerprint density at radius 2 is 1.62 bits per heavy atom. The molecule has 1 aliphatic heterocycles. The average molecular weight is 426 g/mol. The molecule has 2 aromatic carbocycles. The maximum atomic E-state index is 12.6. The number of anilines is 1. The maximum absolute atomic E-state index is 12.6. The lowest BCUT2D eigenvalue weighted by Gasteiger charge is -2.18. The predicted molar refractivity (Wildman–Crippen MR) is 102 cm³/mol. The quantitative estimate of drug-likeness (QED) is 0.787. The van der Waals surface area contributed by atoms with Crippen molar-refractivity contribution >= 4 is 15.7 Å². The SMILES string of the molecule is O=S(=O)(Nc1ccc2c(c1)CCN(C1CC1)CC2)c1ccc(OC(F)(F)F)cc1. The van der Waals surface area contributed by atoms with E-state index in [0.717, 1.165) is 55.8 Å². The minimum Gasteiger partial charge on any atom is -0.406 e. The van der Waals surface area contributed by atoms with Crippen LogP contribution in [0.25, 0.3) is 0 Å². The number of fused-ring (bicyclic) bond motifs is 1. The molecule has 0 radical (unpaired) electrons. The summed E-state index contributed by atoms with van der Waals surface area (Å²) in [4.78, 5) is 2.36. The molecule has 156 valence electrons. The van der Waals surface area contributed by atoms with Crippen LogP contribution in [0, 0.1) is 0 Å². The molecule has 4 rings (SSSR count). The fourth-order valence-corrected chi connectivity index (χ4v) is 4.69. The summed E-state index contributed by atoms with van der Waals surface area (Å²) in [6, 6.07) is 10.3. The lowest BCUT2D eigenvalue weighted by Crippen LogP contribution is -2.28. The molecular weight excluding hydrogens is 405 g/mol. The Labute approximate surface area is 167 Å². The molecule has 5 nitrogen and oxygen atoms in total. The number of benzene rings is 2. The number of alkyl halides is 3. The summed E-state index contributed by atoms with van der Waals surface area (Å²) in [5, 5.41) is 0. The van der Waals surface area contributed by atoms with Crippen LogP contribution in [0.5, 0.6) is 5.75 Å². The van der Waals surface area contributed by atoms with Crippen molar-refractivity contribution in [3.05, 3.63) is 53.6 Å². The van der Waals surface area contributed by atoms with Crippen molar-refractivity contribution in [1.29, 1.82) is 0 Å². The summed E-state index contributed by atoms with van der Waals surface area (Å²) in [5.41, 5.74) is 2.80. The largest absolute Gasteiger partial charge is 0.573 e. The lowest BCUT2D eigenvalue weighted by molar-refractivity contribution is -0.274. The van der Waals surface area contributed by atoms with Crippen molar-refractivity contribution in [3.63, 3.8) is 0 Å². The van der Waals surface area contributed by atoms with E-state index in [1.54, 1.807) is 6.07 Å². The van der Waals surface area contributed by atoms with Crippen LogP contribution in [-0.4, -0.2) is 38.8 Å². The zero-order valence-corrected chi connectivity index (χ0v) is 16.4. The average Bonchev–Trinajstić information content (AvgIpc) is 3.47. The number of hydrogen-bond donors (Lipinski definition) is 1. The third-order valence-corrected chi connectivity index (χ3v) is 6.62. The van der Waals surface area contributed by atoms with Gasteiger partial charge in [0, 0.05) is 24.8 Å². The van der Waals surface area contributed by atoms with E-state index < -0.39 is 22.1 Å². The van der Waals surface area contributed by atoms with Crippen molar-refractivity contribution in [1.82, 2.24) is 4.90 Å². The van der Waals surface area contributed by atoms with Gasteiger partial charge in [0.2, 0.25) is 0 Å². The van der Waals surface area contributed by atoms with E-state index in [1.807, 2.05) is 12.1 Å². The molecule has 1 heterocycles. The van der Waals surface area contributed by atoms with E-state index in [0.29, 0.717) is 11.7 Å². The molecule has 0 unspecified atom stereocenters. The Hall–Kier alpha value is -2.26. The van der Waals surface area contributed by atoms with Gasteiger partial charge in [0.25, 0.3) is 10.0 Å². The Bertz CT molecular complexity index is 987. The third-order valence-electron chi connectivity index (χ3n) is 5.23. The number of sulfonamides is 1. The van der Waals surface area contributed by atoms with Gasteiger partial charge in [-0.25, -0.2) is 8.42 Å². The van der Waals surface area contributed by atoms with Crippen LogP contribution in [0.2, 0.25) is 0 Å². The summed E-state index contributed by atoms with van der Waals surface area (Å²) in [6.07, 6.45) is -0.498. The zero-order valence-electron chi connectivity index (χ0n) is 15.6. The predicted octanol–water partition coefficient (Wildman–Crippen LogP) is 3.95. The Kier molecular flexibility index (Phi) is 5.20. The first-order chi connectivity index (χ1) is 13.7. The number of rotatable bonds is 5. The van der Waals surface area contributed by atoms with Crippen LogP contribution in [0.3, 0.4) is 0 Å². The minimum absolute atomic E-state index is 0.137. The summed E-state index contributed by atoms with van der Waals surface area (Å²) in [5.74, 6) is -0.471. The first-order valence-corrected chi connectivity index (χ1v) is 10.9. The molecule has 0 bridgehead atoms. The summed E-state index contributed by atoms with van der Waals surface area (Å²) in [6.45, 7) is 1.99. The topological polar surface area (TPSA) is 58.6 Å². The molecule has 0 amide bonds. The van der Waals surface area contributed by atoms with Gasteiger partial charge in [-0.1, -0.05) is 6.07 Å². The molecule has 1 fully saturated rings. The molecule has 0 atom stereocenters. The molecule has 2 aromatic rings. The second-order valence-corrected chi connectivity index (χ2v) is 9.06. The van der Waals surface area contributed by atoms with Gasteiger partial charge in [0.05, 0.1) is 4.90 Å². The zero-order chi connectivity index (χ0) is 20.6. The van der Waals surface area contributed by atoms with Crippen molar-refractivity contribution in [2.75, 3.05) is 17.8 Å². The van der Waals surface area contributed by atoms with Crippen LogP contribution in [0.1, 0.15) is 24.0 Å². The van der Waals surface area contributed by atoms with Gasteiger partial charge in [0.15, 0.2) is 0 Å². The number of hydrogen-bond acceptors (Lipinski definition) is 4. The van der Waals surface area contributed by atoms with Gasteiger partial charge >= 0.3 is 6.36 Å². The molecule has 0 aromatic heterocycles. The number of nitrogens with one attached hydrogen (secondary N) is 1. The van der Waals surface area contributed by atoms with E-state index in [4.69, 9.17) is 0 Å². The van der Waals surface area contributed by atoms with E-state index in [-0.39, 0.29) is 4.90 Å². The molecule has 2 aliphatic rings. The standard InChI is InChI=1S/C20H21F3N2O3S/c21-20(22,23)28-18-5-7-19(8-6-18)29(26,27)24-16-2-1-14-9-11-25(17-3-4-17)12-10-15(14)13-16/h1-2,5-8,13,17,24H,3-4,9-12H2. The molecule has 9 heteroatoms. The number of halogens is 3. The molecular formula is C20H21F3N2O3S. The van der Waals surface area contributed by atoms with Gasteiger partial charge in [-0.15, -0.1) is 13.2 Å². The summed E-state index contributed by atoms with van der Waals surface area (Å²) in [7, 11) is -3.92. The number of nitrogens with zero attached hydrogens (tertiary/aromatic N) is 1. The van der Waals surface area contributed by atoms with Crippen LogP contribution in [0.4, 0.5) is 18.9 Å². The molecule has 1 saturated carbocycles. The highest BCUT2D eigenvalue weighted by Gasteiger charge is 2.31. The lowest BCUT2D eigenvalue weighted by atomic mass is 10.0. The van der Waals surface area contributed by atoms with Crippen LogP contribution in [0.15, 0.2) is 47.4 Å². The molecule has 0 saturated heterocycles. The van der Waals surface area contributed by atoms with Gasteiger partial charge < -0.3 is 4.74 Å². The number of ether oxygens (including phenoxy) is 1. The van der Waals surface area contributed by atoms with Crippen molar-refractivity contribution in [2.24, 2.45) is 0 Å². The highest BCUT2D eigenvalue weighted by molar-refractivity contribution is 7.92. The highest BCUT2D eigenvalue weighted by atomic mass is 32.2. The monoisotopic (exact) mass is 426 g/mol. The van der Waals surface area contributed by atoms with Gasteiger partial charge in [-0.2, -0.15) is 0 Å². The normalized spacial score (nSPS) is 18.0. The van der Waals surface area contributed by atoms with Crippen LogP contribution < -0.4 is 9.46 Å². The minimum atomic E-state index is -4.82. The first kappa shape index (κ1) is 20.0. The fourth-order valence-electron chi connectivity index (χ4n) is 3.65. The molecule has 0 spiro atoms. The van der Waals surface area contributed by atoms with E-state index in [2.05, 4.69) is 14.4 Å². The summed E-state index contributed by atoms with van der Waals surface area (Å²) < 4.78 is 68.2. The highest BCUT2D eigenvalue weighted by Crippen LogP contribution is 2.30. The van der Waals surface area contributed by atoms with Crippen LogP contribution >= 0.6 is 0 Å².